The average Bonchev–Trinajstić information content (AvgIpc) is 1.75. The Morgan fingerprint density at radius 3 is 1.68 bits per heavy atom. The van der Waals surface area contributed by atoms with Crippen molar-refractivity contribution in [3.8, 4) is 0 Å². The number of piperidine rings is 1. The number of ketones is 5. The first-order valence-corrected chi connectivity index (χ1v) is 38.0. The monoisotopic (exact) mass is 1450 g/mol. The molecular formula is C80H121N9O15. The minimum atomic E-state index is -1.70. The van der Waals surface area contributed by atoms with Crippen LogP contribution in [0.25, 0.3) is 0 Å². The second-order valence-corrected chi connectivity index (χ2v) is 31.3. The fraction of sp³-hybridized carbons (Fsp3) is 0.675. The number of fused-ring (bicyclic) bond motifs is 1. The Bertz CT molecular complexity index is 3280. The van der Waals surface area contributed by atoms with Crippen molar-refractivity contribution in [2.75, 3.05) is 33.7 Å². The van der Waals surface area contributed by atoms with Crippen LogP contribution in [0.1, 0.15) is 204 Å². The molecule has 0 radical (unpaired) electrons. The predicted molar refractivity (Wildman–Crippen MR) is 395 cm³/mol. The van der Waals surface area contributed by atoms with Gasteiger partial charge in [0, 0.05) is 96.4 Å². The third-order valence-corrected chi connectivity index (χ3v) is 21.0. The fourth-order valence-corrected chi connectivity index (χ4v) is 14.4. The molecule has 2 aromatic carbocycles. The molecule has 0 aromatic heterocycles. The van der Waals surface area contributed by atoms with E-state index in [9.17, 15) is 53.1 Å². The van der Waals surface area contributed by atoms with Crippen LogP contribution in [0.15, 0.2) is 60.7 Å². The van der Waals surface area contributed by atoms with Gasteiger partial charge < -0.3 is 51.3 Å². The van der Waals surface area contributed by atoms with Crippen molar-refractivity contribution in [1.82, 2.24) is 46.2 Å². The Hall–Kier alpha value is -8.02. The molecule has 0 spiro atoms. The van der Waals surface area contributed by atoms with Gasteiger partial charge in [-0.15, -0.1) is 0 Å². The number of amides is 9. The predicted octanol–water partition coefficient (Wildman–Crippen LogP) is 6.87. The second kappa shape index (κ2) is 41.6. The number of hydrogen-bond acceptors (Lipinski definition) is 15. The van der Waals surface area contributed by atoms with Crippen molar-refractivity contribution in [3.63, 3.8) is 0 Å². The Kier molecular flexibility index (Phi) is 34.7. The molecule has 24 heteroatoms. The quantitative estimate of drug-likeness (QED) is 0.0661. The Balaban J connectivity index is 1.57. The van der Waals surface area contributed by atoms with Gasteiger partial charge in [0.15, 0.2) is 28.9 Å². The lowest BCUT2D eigenvalue weighted by molar-refractivity contribution is -0.148. The number of carbonyl (C=O) groups excluding carboxylic acids is 14. The topological polar surface area (TPSA) is 332 Å². The SMILES string of the molecule is CC[C@H](C)[C@H](CC(=O)[C@H](C)NC(=O)CCC(=O)[C@@H]1CC(=O)N[C@@H](C)C(=O)N[C@@H](CC(C)C)C(=O)C[C@@H]([C@@H](C)O)C(=O)N(C)[C@@H](CC(C)C)C(=O)C[C@@H](Cc2ccccc2)C(=O)N2CCC[C@H]2C(=O)C[C@@H](C(C)C)C(=O)N[C@@H](Cc2ccccc2)C(=O)N(C)[C@@H](CC(C)C)C(=O)N1)C(=O)N1CCCCC1. The molecule has 2 aromatic rings. The summed E-state index contributed by atoms with van der Waals surface area (Å²) in [6.45, 7) is 23.9. The van der Waals surface area contributed by atoms with Crippen LogP contribution in [-0.4, -0.2) is 195 Å². The van der Waals surface area contributed by atoms with E-state index in [0.29, 0.717) is 31.5 Å². The van der Waals surface area contributed by atoms with Gasteiger partial charge in [0.05, 0.1) is 48.7 Å². The summed E-state index contributed by atoms with van der Waals surface area (Å²) in [6, 6.07) is 7.68. The summed E-state index contributed by atoms with van der Waals surface area (Å²) in [5, 5.41) is 24.9. The van der Waals surface area contributed by atoms with Gasteiger partial charge in [-0.3, -0.25) is 67.1 Å². The summed E-state index contributed by atoms with van der Waals surface area (Å²) >= 11 is 0. The number of benzene rings is 2. The van der Waals surface area contributed by atoms with E-state index in [2.05, 4.69) is 26.6 Å². The summed E-state index contributed by atoms with van der Waals surface area (Å²) in [5.41, 5.74) is 1.38. The molecule has 9 amide bonds. The van der Waals surface area contributed by atoms with Gasteiger partial charge >= 0.3 is 0 Å². The third-order valence-electron chi connectivity index (χ3n) is 21.0. The fourth-order valence-electron chi connectivity index (χ4n) is 14.4. The van der Waals surface area contributed by atoms with E-state index in [1.54, 1.807) is 76.8 Å². The number of nitrogens with one attached hydrogen (secondary N) is 5. The highest BCUT2D eigenvalue weighted by Gasteiger charge is 2.44. The number of carbonyl (C=O) groups is 14. The molecule has 0 bridgehead atoms. The van der Waals surface area contributed by atoms with Crippen LogP contribution < -0.4 is 26.6 Å². The number of hydrogen-bond donors (Lipinski definition) is 6. The van der Waals surface area contributed by atoms with E-state index in [-0.39, 0.29) is 99.7 Å². The zero-order valence-electron chi connectivity index (χ0n) is 64.5. The zero-order chi connectivity index (χ0) is 77.4. The lowest BCUT2D eigenvalue weighted by Gasteiger charge is -2.34. The molecule has 6 N–H and O–H groups in total. The van der Waals surface area contributed by atoms with E-state index in [1.165, 1.54) is 49.6 Å². The Labute approximate surface area is 616 Å². The highest BCUT2D eigenvalue weighted by molar-refractivity contribution is 6.01. The van der Waals surface area contributed by atoms with Crippen LogP contribution in [0.4, 0.5) is 0 Å². The average molecular weight is 1450 g/mol. The van der Waals surface area contributed by atoms with Gasteiger partial charge in [0.25, 0.3) is 0 Å². The minimum Gasteiger partial charge on any atom is -0.393 e. The zero-order valence-corrected chi connectivity index (χ0v) is 64.5. The molecule has 3 saturated heterocycles. The van der Waals surface area contributed by atoms with E-state index < -0.39 is 180 Å². The molecule has 14 atom stereocenters. The van der Waals surface area contributed by atoms with Gasteiger partial charge in [-0.2, -0.15) is 0 Å². The summed E-state index contributed by atoms with van der Waals surface area (Å²) in [7, 11) is 2.80. The first-order chi connectivity index (χ1) is 49.0. The van der Waals surface area contributed by atoms with E-state index >= 15 is 19.2 Å². The number of Topliss-reactive ketones (excluding diaryl/α,β-unsaturated/α-hetero) is 5. The number of likely N-dealkylation sites (tertiary alicyclic amines) is 1. The molecule has 3 fully saturated rings. The van der Waals surface area contributed by atoms with Gasteiger partial charge in [0.1, 0.15) is 18.1 Å². The number of aliphatic hydroxyl groups excluding tert-OH is 1. The van der Waals surface area contributed by atoms with E-state index in [0.717, 1.165) is 24.8 Å². The van der Waals surface area contributed by atoms with Crippen LogP contribution in [-0.2, 0) is 80.0 Å². The highest BCUT2D eigenvalue weighted by Crippen LogP contribution is 2.31. The van der Waals surface area contributed by atoms with Crippen LogP contribution in [0.3, 0.4) is 0 Å². The van der Waals surface area contributed by atoms with Crippen molar-refractivity contribution in [2.45, 2.75) is 260 Å². The molecular weight excluding hydrogens is 1330 g/mol. The van der Waals surface area contributed by atoms with Gasteiger partial charge in [0.2, 0.25) is 53.2 Å². The lowest BCUT2D eigenvalue weighted by Crippen LogP contribution is -2.58. The van der Waals surface area contributed by atoms with Crippen LogP contribution in [0.2, 0.25) is 0 Å². The normalized spacial score (nSPS) is 25.4. The number of rotatable bonds is 23. The first-order valence-electron chi connectivity index (χ1n) is 38.0. The van der Waals surface area contributed by atoms with Gasteiger partial charge in [-0.1, -0.05) is 136 Å². The summed E-state index contributed by atoms with van der Waals surface area (Å²) < 4.78 is 0. The number of likely N-dealkylation sites (N-methyl/N-ethyl adjacent to an activating group) is 2. The molecule has 0 saturated carbocycles. The van der Waals surface area contributed by atoms with Crippen LogP contribution in [0.5, 0.6) is 0 Å². The maximum absolute atomic E-state index is 15.3. The number of aliphatic hydroxyl groups is 1. The maximum atomic E-state index is 15.3. The van der Waals surface area contributed by atoms with Crippen molar-refractivity contribution >= 4 is 82.1 Å². The third kappa shape index (κ3) is 25.9. The largest absolute Gasteiger partial charge is 0.393 e. The van der Waals surface area contributed by atoms with Gasteiger partial charge in [-0.05, 0) is 119 Å². The Morgan fingerprint density at radius 2 is 1.12 bits per heavy atom. The van der Waals surface area contributed by atoms with Crippen molar-refractivity contribution < 1.29 is 72.2 Å². The summed E-state index contributed by atoms with van der Waals surface area (Å²) in [4.78, 5) is 210. The summed E-state index contributed by atoms with van der Waals surface area (Å²) in [6.07, 6.45) is -0.342. The highest BCUT2D eigenvalue weighted by atomic mass is 16.3. The number of nitrogens with zero attached hydrogens (tertiary/aromatic N) is 4. The molecule has 3 aliphatic heterocycles. The molecule has 104 heavy (non-hydrogen) atoms. The second-order valence-electron chi connectivity index (χ2n) is 31.3. The minimum absolute atomic E-state index is 0.00204. The smallest absolute Gasteiger partial charge is 0.245 e. The molecule has 576 valence electrons. The molecule has 3 aliphatic rings. The van der Waals surface area contributed by atoms with Crippen molar-refractivity contribution in [2.24, 2.45) is 53.3 Å². The summed E-state index contributed by atoms with van der Waals surface area (Å²) in [5.74, 6) is -14.1. The maximum Gasteiger partial charge on any atom is 0.245 e. The van der Waals surface area contributed by atoms with Gasteiger partial charge in [-0.25, -0.2) is 0 Å². The molecule has 24 nitrogen and oxygen atoms in total. The molecule has 0 unspecified atom stereocenters. The molecule has 3 heterocycles. The van der Waals surface area contributed by atoms with Crippen molar-refractivity contribution in [3.05, 3.63) is 71.8 Å². The Morgan fingerprint density at radius 1 is 0.558 bits per heavy atom. The standard InChI is InChI=1S/C80H121N9O15/c1-16-51(10)59(79(103)88-34-24-19-25-35-88)44-68(92)52(11)81-72(96)33-32-67(91)62-46-73(97)82-53(12)74(98)83-61(37-47(2)3)69(93)45-60(54(13)90)78(102)86(14)65(38-48(4)5)70(94)42-57(40-55-27-20-17-21-28-55)77(101)89-36-26-31-64(89)71(95)43-58(50(8)9)75(99)85-63(41-56-29-22-18-23-30-56)80(104)87(15)66(39-49(6)7)76(100)84-62/h17-18,20-23,27-30,47-54,57-66,90H,16,19,24-26,31-46H2,1-15H3,(H,81,96)(H,82,97)(H,83,98)(H,84,100)(H,85,99)/t51-,52-,53-,54+,57+,58-,59-,60-,61-,62-,63-,64-,65-,66-/m0/s1. The van der Waals surface area contributed by atoms with Crippen LogP contribution >= 0.6 is 0 Å². The van der Waals surface area contributed by atoms with E-state index in [4.69, 9.17) is 0 Å². The lowest BCUT2D eigenvalue weighted by atomic mass is 9.84. The van der Waals surface area contributed by atoms with Crippen LogP contribution in [0, 0.1) is 53.3 Å². The first kappa shape index (κ1) is 86.6. The van der Waals surface area contributed by atoms with E-state index in [1.807, 2.05) is 58.0 Å². The molecule has 0 aliphatic carbocycles. The van der Waals surface area contributed by atoms with Crippen molar-refractivity contribution in [1.29, 1.82) is 0 Å². The molecule has 5 rings (SSSR count).